The molecule has 2 heterocycles. The molecule has 4 aromatic rings. The van der Waals surface area contributed by atoms with Crippen molar-refractivity contribution in [2.24, 2.45) is 0 Å². The first-order chi connectivity index (χ1) is 14.3. The van der Waals surface area contributed by atoms with Crippen molar-refractivity contribution >= 4 is 17.7 Å². The van der Waals surface area contributed by atoms with Crippen LogP contribution in [-0.2, 0) is 16.1 Å². The lowest BCUT2D eigenvalue weighted by molar-refractivity contribution is -0.141. The smallest absolute Gasteiger partial charge is 0.316 e. The number of carbonyl (C=O) groups is 1. The van der Waals surface area contributed by atoms with Crippen LogP contribution in [0, 0.1) is 0 Å². The average Bonchev–Trinajstić information content (AvgIpc) is 3.32. The molecule has 0 saturated carbocycles. The van der Waals surface area contributed by atoms with Gasteiger partial charge in [-0.3, -0.25) is 4.79 Å². The maximum Gasteiger partial charge on any atom is 0.316 e. The third-order valence-corrected chi connectivity index (χ3v) is 5.08. The van der Waals surface area contributed by atoms with Crippen LogP contribution < -0.4 is 0 Å². The standard InChI is InChI=1S/C22H18N4O2S/c27-22(28-14-17-4-2-1-3-5-17)15-29-21-11-10-20(24-25-21)18-6-8-19(9-7-18)26-13-12-23-16-26/h1-13,16H,14-15H2. The SMILES string of the molecule is O=C(CSc1ccc(-c2ccc(-n3ccnc3)cc2)nn1)OCc1ccccc1. The lowest BCUT2D eigenvalue weighted by Gasteiger charge is -2.06. The Morgan fingerprint density at radius 1 is 0.966 bits per heavy atom. The van der Waals surface area contributed by atoms with E-state index in [1.807, 2.05) is 77.5 Å². The monoisotopic (exact) mass is 402 g/mol. The fraction of sp³-hybridized carbons (Fsp3) is 0.0909. The van der Waals surface area contributed by atoms with Gasteiger partial charge in [0.15, 0.2) is 0 Å². The first kappa shape index (κ1) is 18.9. The van der Waals surface area contributed by atoms with Gasteiger partial charge in [0.1, 0.15) is 11.6 Å². The van der Waals surface area contributed by atoms with Crippen molar-refractivity contribution in [3.63, 3.8) is 0 Å². The Kier molecular flexibility index (Phi) is 5.97. The Labute approximate surface area is 172 Å². The van der Waals surface area contributed by atoms with E-state index in [1.165, 1.54) is 11.8 Å². The number of imidazole rings is 1. The van der Waals surface area contributed by atoms with E-state index in [1.54, 1.807) is 12.5 Å². The van der Waals surface area contributed by atoms with Crippen LogP contribution in [0.25, 0.3) is 16.9 Å². The summed E-state index contributed by atoms with van der Waals surface area (Å²) in [6.07, 6.45) is 5.39. The predicted octanol–water partition coefficient (Wildman–Crippen LogP) is 4.16. The molecular formula is C22H18N4O2S. The molecule has 0 amide bonds. The molecule has 0 bridgehead atoms. The van der Waals surface area contributed by atoms with Crippen LogP contribution in [0.15, 0.2) is 90.5 Å². The summed E-state index contributed by atoms with van der Waals surface area (Å²) in [5.41, 5.74) is 3.74. The number of esters is 1. The van der Waals surface area contributed by atoms with E-state index in [4.69, 9.17) is 4.74 Å². The van der Waals surface area contributed by atoms with Crippen molar-refractivity contribution in [2.45, 2.75) is 11.6 Å². The van der Waals surface area contributed by atoms with Crippen molar-refractivity contribution in [1.29, 1.82) is 0 Å². The summed E-state index contributed by atoms with van der Waals surface area (Å²) in [7, 11) is 0. The third-order valence-electron chi connectivity index (χ3n) is 4.19. The second-order valence-electron chi connectivity index (χ2n) is 6.21. The Morgan fingerprint density at radius 2 is 1.79 bits per heavy atom. The van der Waals surface area contributed by atoms with Crippen LogP contribution in [0.3, 0.4) is 0 Å². The number of rotatable bonds is 7. The Bertz CT molecular complexity index is 1050. The van der Waals surface area contributed by atoms with Crippen LogP contribution in [0.4, 0.5) is 0 Å². The van der Waals surface area contributed by atoms with Gasteiger partial charge in [0, 0.05) is 23.6 Å². The molecule has 0 N–H and O–H groups in total. The van der Waals surface area contributed by atoms with Gasteiger partial charge in [-0.25, -0.2) is 4.98 Å². The van der Waals surface area contributed by atoms with E-state index in [9.17, 15) is 4.79 Å². The van der Waals surface area contributed by atoms with Crippen molar-refractivity contribution in [1.82, 2.24) is 19.7 Å². The summed E-state index contributed by atoms with van der Waals surface area (Å²) in [6, 6.07) is 21.4. The Hall–Kier alpha value is -3.45. The van der Waals surface area contributed by atoms with Gasteiger partial charge in [-0.1, -0.05) is 54.2 Å². The number of aromatic nitrogens is 4. The normalized spacial score (nSPS) is 10.6. The zero-order valence-electron chi connectivity index (χ0n) is 15.5. The number of thioether (sulfide) groups is 1. The molecule has 4 rings (SSSR count). The molecule has 144 valence electrons. The largest absolute Gasteiger partial charge is 0.460 e. The number of benzene rings is 2. The topological polar surface area (TPSA) is 69.9 Å². The molecule has 7 heteroatoms. The second kappa shape index (κ2) is 9.16. The Balaban J connectivity index is 1.30. The summed E-state index contributed by atoms with van der Waals surface area (Å²) < 4.78 is 7.21. The predicted molar refractivity (Wildman–Crippen MR) is 112 cm³/mol. The van der Waals surface area contributed by atoms with Crippen LogP contribution in [0.1, 0.15) is 5.56 Å². The zero-order chi connectivity index (χ0) is 19.9. The maximum absolute atomic E-state index is 11.9. The molecule has 0 aliphatic rings. The lowest BCUT2D eigenvalue weighted by atomic mass is 10.1. The van der Waals surface area contributed by atoms with Crippen molar-refractivity contribution in [2.75, 3.05) is 5.75 Å². The van der Waals surface area contributed by atoms with Crippen LogP contribution in [0.2, 0.25) is 0 Å². The molecule has 0 aliphatic heterocycles. The van der Waals surface area contributed by atoms with Crippen molar-refractivity contribution in [3.8, 4) is 16.9 Å². The third kappa shape index (κ3) is 5.08. The van der Waals surface area contributed by atoms with Gasteiger partial charge in [0.2, 0.25) is 0 Å². The van der Waals surface area contributed by atoms with E-state index >= 15 is 0 Å². The summed E-state index contributed by atoms with van der Waals surface area (Å²) in [5, 5.41) is 9.16. The van der Waals surface area contributed by atoms with E-state index in [2.05, 4.69) is 15.2 Å². The highest BCUT2D eigenvalue weighted by Gasteiger charge is 2.07. The number of hydrogen-bond donors (Lipinski definition) is 0. The highest BCUT2D eigenvalue weighted by molar-refractivity contribution is 7.99. The molecule has 2 aromatic heterocycles. The molecule has 0 saturated heterocycles. The minimum Gasteiger partial charge on any atom is -0.460 e. The molecule has 0 radical (unpaired) electrons. The summed E-state index contributed by atoms with van der Waals surface area (Å²) >= 11 is 1.31. The number of nitrogens with zero attached hydrogens (tertiary/aromatic N) is 4. The van der Waals surface area contributed by atoms with Gasteiger partial charge in [0.25, 0.3) is 0 Å². The molecule has 0 aliphatic carbocycles. The fourth-order valence-electron chi connectivity index (χ4n) is 2.68. The van der Waals surface area contributed by atoms with Gasteiger partial charge >= 0.3 is 5.97 Å². The Morgan fingerprint density at radius 3 is 2.48 bits per heavy atom. The molecule has 0 atom stereocenters. The summed E-state index contributed by atoms with van der Waals surface area (Å²) in [4.78, 5) is 16.0. The minimum absolute atomic E-state index is 0.195. The van der Waals surface area contributed by atoms with Gasteiger partial charge in [0.05, 0.1) is 17.8 Å². The number of ether oxygens (including phenoxy) is 1. The van der Waals surface area contributed by atoms with Gasteiger partial charge in [-0.2, -0.15) is 0 Å². The van der Waals surface area contributed by atoms with Gasteiger partial charge < -0.3 is 9.30 Å². The van der Waals surface area contributed by atoms with Crippen molar-refractivity contribution < 1.29 is 9.53 Å². The zero-order valence-corrected chi connectivity index (χ0v) is 16.3. The van der Waals surface area contributed by atoms with Crippen molar-refractivity contribution in [3.05, 3.63) is 91.0 Å². The number of carbonyl (C=O) groups excluding carboxylic acids is 1. The number of hydrogen-bond acceptors (Lipinski definition) is 6. The first-order valence-electron chi connectivity index (χ1n) is 9.03. The molecule has 0 spiro atoms. The van der Waals surface area contributed by atoms with E-state index < -0.39 is 0 Å². The average molecular weight is 402 g/mol. The van der Waals surface area contributed by atoms with E-state index in [-0.39, 0.29) is 18.3 Å². The molecule has 0 unspecified atom stereocenters. The highest BCUT2D eigenvalue weighted by atomic mass is 32.2. The summed E-state index contributed by atoms with van der Waals surface area (Å²) in [6.45, 7) is 0.278. The lowest BCUT2D eigenvalue weighted by Crippen LogP contribution is -2.07. The van der Waals surface area contributed by atoms with Crippen LogP contribution in [0.5, 0.6) is 0 Å². The van der Waals surface area contributed by atoms with E-state index in [0.29, 0.717) is 5.03 Å². The first-order valence-corrected chi connectivity index (χ1v) is 10.0. The summed E-state index contributed by atoms with van der Waals surface area (Å²) in [5.74, 6) is -0.0830. The van der Waals surface area contributed by atoms with Crippen LogP contribution in [-0.4, -0.2) is 31.5 Å². The van der Waals surface area contributed by atoms with Crippen LogP contribution >= 0.6 is 11.8 Å². The van der Waals surface area contributed by atoms with Gasteiger partial charge in [-0.05, 0) is 29.8 Å². The molecule has 29 heavy (non-hydrogen) atoms. The molecule has 6 nitrogen and oxygen atoms in total. The molecular weight excluding hydrogens is 384 g/mol. The van der Waals surface area contributed by atoms with Gasteiger partial charge in [-0.15, -0.1) is 10.2 Å². The highest BCUT2D eigenvalue weighted by Crippen LogP contribution is 2.21. The van der Waals surface area contributed by atoms with E-state index in [0.717, 1.165) is 22.5 Å². The second-order valence-corrected chi connectivity index (χ2v) is 7.20. The maximum atomic E-state index is 11.9. The fourth-order valence-corrected chi connectivity index (χ4v) is 3.29. The minimum atomic E-state index is -0.278. The quantitative estimate of drug-likeness (QED) is 0.341. The molecule has 0 fully saturated rings. The molecule has 2 aromatic carbocycles.